The third kappa shape index (κ3) is 3.75. The molecule has 1 aliphatic rings. The lowest BCUT2D eigenvalue weighted by Gasteiger charge is -2.26. The number of amides is 1. The summed E-state index contributed by atoms with van der Waals surface area (Å²) in [6, 6.07) is 9.93. The minimum Gasteiger partial charge on any atom is -0.385 e. The lowest BCUT2D eigenvalue weighted by Crippen LogP contribution is -2.41. The second kappa shape index (κ2) is 6.25. The molecule has 1 fully saturated rings. The van der Waals surface area contributed by atoms with Gasteiger partial charge in [-0.2, -0.15) is 0 Å². The Balaban J connectivity index is 1.69. The average Bonchev–Trinajstić information content (AvgIpc) is 2.41. The van der Waals surface area contributed by atoms with Crippen LogP contribution in [0.2, 0.25) is 0 Å². The van der Waals surface area contributed by atoms with Crippen molar-refractivity contribution in [2.24, 2.45) is 0 Å². The molecule has 1 aromatic carbocycles. The van der Waals surface area contributed by atoms with Crippen molar-refractivity contribution in [1.29, 1.82) is 0 Å². The zero-order chi connectivity index (χ0) is 11.9. The third-order valence-corrected chi connectivity index (χ3v) is 2.81. The molecule has 1 aromatic rings. The zero-order valence-electron chi connectivity index (χ0n) is 9.89. The molecule has 4 nitrogen and oxygen atoms in total. The van der Waals surface area contributed by atoms with E-state index in [1.807, 2.05) is 35.2 Å². The van der Waals surface area contributed by atoms with Crippen molar-refractivity contribution in [2.75, 3.05) is 38.2 Å². The zero-order valence-corrected chi connectivity index (χ0v) is 9.89. The maximum atomic E-state index is 11.8. The SMILES string of the molecule is O=C(CCNc1ccccc1)N1CCOCC1. The summed E-state index contributed by atoms with van der Waals surface area (Å²) < 4.78 is 5.21. The van der Waals surface area contributed by atoms with Crippen LogP contribution in [0.3, 0.4) is 0 Å². The van der Waals surface area contributed by atoms with Crippen LogP contribution in [0.1, 0.15) is 6.42 Å². The van der Waals surface area contributed by atoms with E-state index in [1.165, 1.54) is 0 Å². The van der Waals surface area contributed by atoms with Gasteiger partial charge in [-0.05, 0) is 12.1 Å². The number of carbonyl (C=O) groups is 1. The highest BCUT2D eigenvalue weighted by atomic mass is 16.5. The number of benzene rings is 1. The maximum absolute atomic E-state index is 11.8. The normalized spacial score (nSPS) is 15.6. The summed E-state index contributed by atoms with van der Waals surface area (Å²) in [4.78, 5) is 13.7. The number of rotatable bonds is 4. The number of anilines is 1. The number of nitrogens with zero attached hydrogens (tertiary/aromatic N) is 1. The van der Waals surface area contributed by atoms with E-state index in [4.69, 9.17) is 4.74 Å². The van der Waals surface area contributed by atoms with E-state index < -0.39 is 0 Å². The molecule has 1 aliphatic heterocycles. The fraction of sp³-hybridized carbons (Fsp3) is 0.462. The van der Waals surface area contributed by atoms with Crippen molar-refractivity contribution in [3.63, 3.8) is 0 Å². The second-order valence-corrected chi connectivity index (χ2v) is 4.04. The molecule has 1 amide bonds. The molecule has 1 saturated heterocycles. The van der Waals surface area contributed by atoms with E-state index in [2.05, 4.69) is 5.32 Å². The average molecular weight is 234 g/mol. The Hall–Kier alpha value is -1.55. The van der Waals surface area contributed by atoms with Gasteiger partial charge in [-0.15, -0.1) is 0 Å². The molecule has 4 heteroatoms. The minimum atomic E-state index is 0.205. The smallest absolute Gasteiger partial charge is 0.224 e. The van der Waals surface area contributed by atoms with E-state index in [1.54, 1.807) is 0 Å². The van der Waals surface area contributed by atoms with Crippen LogP contribution < -0.4 is 5.32 Å². The van der Waals surface area contributed by atoms with Gasteiger partial charge in [0.1, 0.15) is 0 Å². The van der Waals surface area contributed by atoms with Crippen LogP contribution in [-0.2, 0) is 9.53 Å². The predicted octanol–water partition coefficient (Wildman–Crippen LogP) is 1.35. The van der Waals surface area contributed by atoms with Gasteiger partial charge in [-0.25, -0.2) is 0 Å². The summed E-state index contributed by atoms with van der Waals surface area (Å²) in [5.74, 6) is 0.205. The number of ether oxygens (including phenoxy) is 1. The molecule has 1 heterocycles. The molecule has 92 valence electrons. The van der Waals surface area contributed by atoms with Crippen LogP contribution in [0.15, 0.2) is 30.3 Å². The first-order valence-corrected chi connectivity index (χ1v) is 6.01. The standard InChI is InChI=1S/C13H18N2O2/c16-13(15-8-10-17-11-9-15)6-7-14-12-4-2-1-3-5-12/h1-5,14H,6-11H2. The molecular weight excluding hydrogens is 216 g/mol. The Morgan fingerprint density at radius 3 is 2.65 bits per heavy atom. The number of hydrogen-bond donors (Lipinski definition) is 1. The van der Waals surface area contributed by atoms with Crippen LogP contribution in [0.25, 0.3) is 0 Å². The fourth-order valence-corrected chi connectivity index (χ4v) is 1.84. The van der Waals surface area contributed by atoms with Gasteiger partial charge in [-0.1, -0.05) is 18.2 Å². The molecule has 0 aromatic heterocycles. The van der Waals surface area contributed by atoms with E-state index in [9.17, 15) is 4.79 Å². The van der Waals surface area contributed by atoms with Gasteiger partial charge in [0.25, 0.3) is 0 Å². The molecule has 0 atom stereocenters. The summed E-state index contributed by atoms with van der Waals surface area (Å²) in [6.07, 6.45) is 0.537. The highest BCUT2D eigenvalue weighted by Crippen LogP contribution is 2.05. The largest absolute Gasteiger partial charge is 0.385 e. The van der Waals surface area contributed by atoms with Crippen LogP contribution in [0, 0.1) is 0 Å². The molecule has 0 unspecified atom stereocenters. The molecule has 0 radical (unpaired) electrons. The van der Waals surface area contributed by atoms with Gasteiger partial charge in [0.15, 0.2) is 0 Å². The summed E-state index contributed by atoms with van der Waals surface area (Å²) in [6.45, 7) is 3.46. The maximum Gasteiger partial charge on any atom is 0.224 e. The van der Waals surface area contributed by atoms with Crippen molar-refractivity contribution in [2.45, 2.75) is 6.42 Å². The third-order valence-electron chi connectivity index (χ3n) is 2.81. The van der Waals surface area contributed by atoms with Crippen LogP contribution >= 0.6 is 0 Å². The second-order valence-electron chi connectivity index (χ2n) is 4.04. The number of carbonyl (C=O) groups excluding carboxylic acids is 1. The lowest BCUT2D eigenvalue weighted by molar-refractivity contribution is -0.134. The molecule has 0 saturated carbocycles. The Bertz CT molecular complexity index is 348. The Morgan fingerprint density at radius 1 is 1.24 bits per heavy atom. The van der Waals surface area contributed by atoms with E-state index in [0.717, 1.165) is 18.8 Å². The fourth-order valence-electron chi connectivity index (χ4n) is 1.84. The van der Waals surface area contributed by atoms with Gasteiger partial charge in [-0.3, -0.25) is 4.79 Å². The van der Waals surface area contributed by atoms with Crippen LogP contribution in [0.5, 0.6) is 0 Å². The van der Waals surface area contributed by atoms with Gasteiger partial charge in [0.2, 0.25) is 5.91 Å². The topological polar surface area (TPSA) is 41.6 Å². The van der Waals surface area contributed by atoms with Crippen molar-refractivity contribution in [3.05, 3.63) is 30.3 Å². The van der Waals surface area contributed by atoms with Crippen molar-refractivity contribution in [3.8, 4) is 0 Å². The first-order valence-electron chi connectivity index (χ1n) is 6.01. The number of nitrogens with one attached hydrogen (secondary N) is 1. The number of hydrogen-bond acceptors (Lipinski definition) is 3. The Morgan fingerprint density at radius 2 is 1.94 bits per heavy atom. The molecule has 17 heavy (non-hydrogen) atoms. The first kappa shape index (κ1) is 11.9. The summed E-state index contributed by atoms with van der Waals surface area (Å²) in [5.41, 5.74) is 1.06. The van der Waals surface area contributed by atoms with Crippen molar-refractivity contribution < 1.29 is 9.53 Å². The van der Waals surface area contributed by atoms with Gasteiger partial charge >= 0.3 is 0 Å². The number of para-hydroxylation sites is 1. The first-order chi connectivity index (χ1) is 8.36. The van der Waals surface area contributed by atoms with Crippen LogP contribution in [0.4, 0.5) is 5.69 Å². The molecule has 1 N–H and O–H groups in total. The van der Waals surface area contributed by atoms with E-state index in [0.29, 0.717) is 26.2 Å². The quantitative estimate of drug-likeness (QED) is 0.855. The summed E-state index contributed by atoms with van der Waals surface area (Å²) >= 11 is 0. The monoisotopic (exact) mass is 234 g/mol. The number of morpholine rings is 1. The Labute approximate surface area is 102 Å². The minimum absolute atomic E-state index is 0.205. The van der Waals surface area contributed by atoms with Crippen molar-refractivity contribution >= 4 is 11.6 Å². The highest BCUT2D eigenvalue weighted by molar-refractivity contribution is 5.76. The lowest BCUT2D eigenvalue weighted by atomic mass is 10.3. The highest BCUT2D eigenvalue weighted by Gasteiger charge is 2.15. The summed E-state index contributed by atoms with van der Waals surface area (Å²) in [5, 5.41) is 3.24. The molecule has 0 aliphatic carbocycles. The molecular formula is C13H18N2O2. The Kier molecular flexibility index (Phi) is 4.38. The van der Waals surface area contributed by atoms with Gasteiger partial charge in [0, 0.05) is 31.7 Å². The molecule has 2 rings (SSSR count). The molecule has 0 spiro atoms. The predicted molar refractivity (Wildman–Crippen MR) is 66.9 cm³/mol. The van der Waals surface area contributed by atoms with Crippen molar-refractivity contribution in [1.82, 2.24) is 4.90 Å². The van der Waals surface area contributed by atoms with Crippen LogP contribution in [-0.4, -0.2) is 43.7 Å². The van der Waals surface area contributed by atoms with E-state index in [-0.39, 0.29) is 5.91 Å². The van der Waals surface area contributed by atoms with Gasteiger partial charge in [0.05, 0.1) is 13.2 Å². The van der Waals surface area contributed by atoms with Gasteiger partial charge < -0.3 is 15.0 Å². The molecule has 0 bridgehead atoms. The van der Waals surface area contributed by atoms with E-state index >= 15 is 0 Å². The summed E-state index contributed by atoms with van der Waals surface area (Å²) in [7, 11) is 0.